The van der Waals surface area contributed by atoms with E-state index in [1.165, 1.54) is 56.9 Å². The number of aliphatic hydroxyl groups excluding tert-OH is 1. The number of carbonyl (C=O) groups excluding carboxylic acids is 1. The fourth-order valence-electron chi connectivity index (χ4n) is 14.8. The molecule has 0 heterocycles. The standard InChI is InChI=1S/C44H74N2O5/c1-27(2)30-16-21-44(25-35(47)45-28-12-13-29(24-28)46(10)11)23-22-42(8)31(37(30)44)14-15-33-41(7)19-18-34(51-36(48)26-39(3,4)38(49)50)40(5,6)32(41)17-20-43(33,42)9/h28-35,37,45,47H,1,12-26H2,2-11H3,(H,49,50)/t28-,29+,30+,31-,32+,33-,34+,35?,37-,41+,42-,43-,44-/m1/s1. The van der Waals surface area contributed by atoms with Crippen LogP contribution in [0.4, 0.5) is 0 Å². The number of carboxylic acids is 1. The van der Waals surface area contributed by atoms with E-state index in [-0.39, 0.29) is 45.6 Å². The van der Waals surface area contributed by atoms with Gasteiger partial charge in [0.1, 0.15) is 12.3 Å². The predicted octanol–water partition coefficient (Wildman–Crippen LogP) is 8.84. The summed E-state index contributed by atoms with van der Waals surface area (Å²) >= 11 is 0. The SMILES string of the molecule is C=C(C)[C@@H]1CC[C@]2(CC(O)N[C@@H]3CC[C@H](N(C)C)C3)CC[C@]3(C)[C@H](CC[C@@H]4[C@@]5(C)CC[C@H](OC(=O)CC(C)(C)C(=O)O)C(C)(C)[C@@H]5CC[C@]43C)[C@@H]12. The van der Waals surface area contributed by atoms with E-state index in [0.29, 0.717) is 41.7 Å². The molecule has 7 nitrogen and oxygen atoms in total. The number of rotatable bonds is 10. The number of fused-ring (bicyclic) bond motifs is 7. The second kappa shape index (κ2) is 13.4. The van der Waals surface area contributed by atoms with Gasteiger partial charge in [0.15, 0.2) is 0 Å². The van der Waals surface area contributed by atoms with Crippen LogP contribution in [-0.4, -0.2) is 65.6 Å². The van der Waals surface area contributed by atoms with E-state index in [0.717, 1.165) is 38.5 Å². The maximum Gasteiger partial charge on any atom is 0.309 e. The second-order valence-electron chi connectivity index (χ2n) is 21.3. The Labute approximate surface area is 310 Å². The lowest BCUT2D eigenvalue weighted by atomic mass is 9.32. The topological polar surface area (TPSA) is 99.1 Å². The highest BCUT2D eigenvalue weighted by Crippen LogP contribution is 2.78. The highest BCUT2D eigenvalue weighted by molar-refractivity contribution is 5.81. The molecule has 6 aliphatic rings. The fourth-order valence-corrected chi connectivity index (χ4v) is 14.8. The normalized spacial score (nSPS) is 45.3. The summed E-state index contributed by atoms with van der Waals surface area (Å²) in [6.07, 6.45) is 15.2. The summed E-state index contributed by atoms with van der Waals surface area (Å²) in [6.45, 7) is 22.7. The quantitative estimate of drug-likeness (QED) is 0.118. The summed E-state index contributed by atoms with van der Waals surface area (Å²) in [4.78, 5) is 27.2. The lowest BCUT2D eigenvalue weighted by Crippen LogP contribution is -2.67. The number of hydrogen-bond acceptors (Lipinski definition) is 6. The molecule has 0 amide bonds. The zero-order valence-electron chi connectivity index (χ0n) is 34.1. The third-order valence-electron chi connectivity index (χ3n) is 17.8. The molecule has 0 aliphatic heterocycles. The van der Waals surface area contributed by atoms with Gasteiger partial charge >= 0.3 is 11.9 Å². The van der Waals surface area contributed by atoms with E-state index in [1.807, 2.05) is 0 Å². The van der Waals surface area contributed by atoms with Gasteiger partial charge < -0.3 is 19.8 Å². The fraction of sp³-hybridized carbons (Fsp3) is 0.909. The molecule has 51 heavy (non-hydrogen) atoms. The van der Waals surface area contributed by atoms with Crippen LogP contribution >= 0.6 is 0 Å². The molecule has 0 aromatic carbocycles. The first-order chi connectivity index (χ1) is 23.6. The van der Waals surface area contributed by atoms with Crippen molar-refractivity contribution in [3.05, 3.63) is 12.2 Å². The molecule has 0 radical (unpaired) electrons. The minimum Gasteiger partial charge on any atom is -0.481 e. The van der Waals surface area contributed by atoms with E-state index >= 15 is 0 Å². The van der Waals surface area contributed by atoms with Crippen LogP contribution < -0.4 is 5.32 Å². The maximum atomic E-state index is 13.1. The Morgan fingerprint density at radius 1 is 0.902 bits per heavy atom. The molecule has 0 bridgehead atoms. The summed E-state index contributed by atoms with van der Waals surface area (Å²) in [5.74, 6) is 1.46. The molecule has 3 N–H and O–H groups in total. The van der Waals surface area contributed by atoms with Crippen molar-refractivity contribution in [2.24, 2.45) is 62.1 Å². The average molecular weight is 711 g/mol. The first-order valence-electron chi connectivity index (χ1n) is 20.8. The average Bonchev–Trinajstić information content (AvgIpc) is 3.64. The van der Waals surface area contributed by atoms with Gasteiger partial charge in [0, 0.05) is 17.5 Å². The van der Waals surface area contributed by atoms with Crippen LogP contribution in [0.1, 0.15) is 152 Å². The highest BCUT2D eigenvalue weighted by Gasteiger charge is 2.71. The second-order valence-corrected chi connectivity index (χ2v) is 21.3. The van der Waals surface area contributed by atoms with Crippen molar-refractivity contribution in [2.75, 3.05) is 14.1 Å². The number of hydrogen-bond donors (Lipinski definition) is 3. The maximum absolute atomic E-state index is 13.1. The van der Waals surface area contributed by atoms with Crippen molar-refractivity contribution in [1.29, 1.82) is 0 Å². The molecule has 6 rings (SSSR count). The summed E-state index contributed by atoms with van der Waals surface area (Å²) in [7, 11) is 4.36. The van der Waals surface area contributed by atoms with Crippen LogP contribution in [0, 0.1) is 62.1 Å². The molecule has 13 atom stereocenters. The molecular weight excluding hydrogens is 636 g/mol. The van der Waals surface area contributed by atoms with E-state index in [2.05, 4.69) is 72.4 Å². The molecule has 290 valence electrons. The van der Waals surface area contributed by atoms with Gasteiger partial charge in [0.05, 0.1) is 11.8 Å². The molecule has 0 saturated heterocycles. The zero-order chi connectivity index (χ0) is 37.5. The Hall–Kier alpha value is -1.44. The lowest BCUT2D eigenvalue weighted by molar-refractivity contribution is -0.251. The van der Waals surface area contributed by atoms with E-state index in [1.54, 1.807) is 13.8 Å². The lowest BCUT2D eigenvalue weighted by Gasteiger charge is -2.73. The van der Waals surface area contributed by atoms with E-state index < -0.39 is 17.6 Å². The highest BCUT2D eigenvalue weighted by atomic mass is 16.5. The summed E-state index contributed by atoms with van der Waals surface area (Å²) in [5, 5.41) is 25.1. The largest absolute Gasteiger partial charge is 0.481 e. The third-order valence-corrected chi connectivity index (χ3v) is 17.8. The van der Waals surface area contributed by atoms with E-state index in [9.17, 15) is 19.8 Å². The first kappa shape index (κ1) is 39.3. The number of aliphatic hydroxyl groups is 1. The number of nitrogens with zero attached hydrogens (tertiary/aromatic N) is 1. The number of ether oxygens (including phenoxy) is 1. The summed E-state index contributed by atoms with van der Waals surface area (Å²) in [6, 6.07) is 1.01. The van der Waals surface area contributed by atoms with Crippen LogP contribution in [0.25, 0.3) is 0 Å². The van der Waals surface area contributed by atoms with Gasteiger partial charge in [-0.2, -0.15) is 0 Å². The van der Waals surface area contributed by atoms with Crippen LogP contribution in [0.3, 0.4) is 0 Å². The number of allylic oxidation sites excluding steroid dienone is 1. The van der Waals surface area contributed by atoms with Crippen molar-refractivity contribution in [1.82, 2.24) is 10.2 Å². The van der Waals surface area contributed by atoms with Gasteiger partial charge in [-0.25, -0.2) is 0 Å². The van der Waals surface area contributed by atoms with Gasteiger partial charge in [-0.1, -0.05) is 46.8 Å². The van der Waals surface area contributed by atoms with Crippen LogP contribution in [-0.2, 0) is 14.3 Å². The van der Waals surface area contributed by atoms with Crippen molar-refractivity contribution >= 4 is 11.9 Å². The Balaban J connectivity index is 1.21. The summed E-state index contributed by atoms with van der Waals surface area (Å²) < 4.78 is 6.20. The van der Waals surface area contributed by atoms with Gasteiger partial charge in [-0.05, 0) is 176 Å². The molecule has 6 aliphatic carbocycles. The van der Waals surface area contributed by atoms with Gasteiger partial charge in [-0.3, -0.25) is 14.9 Å². The van der Waals surface area contributed by atoms with Crippen LogP contribution in [0.2, 0.25) is 0 Å². The zero-order valence-corrected chi connectivity index (χ0v) is 34.1. The van der Waals surface area contributed by atoms with Crippen LogP contribution in [0.5, 0.6) is 0 Å². The molecule has 6 saturated carbocycles. The molecule has 0 spiro atoms. The van der Waals surface area contributed by atoms with Crippen molar-refractivity contribution in [3.63, 3.8) is 0 Å². The monoisotopic (exact) mass is 711 g/mol. The molecule has 0 aromatic rings. The van der Waals surface area contributed by atoms with Gasteiger partial charge in [0.2, 0.25) is 0 Å². The number of nitrogens with one attached hydrogen (secondary N) is 1. The summed E-state index contributed by atoms with van der Waals surface area (Å²) in [5.41, 5.74) is 0.827. The van der Waals surface area contributed by atoms with Crippen LogP contribution in [0.15, 0.2) is 12.2 Å². The molecule has 6 fully saturated rings. The smallest absolute Gasteiger partial charge is 0.309 e. The molecule has 0 aromatic heterocycles. The molecule has 1 unspecified atom stereocenters. The van der Waals surface area contributed by atoms with Gasteiger partial charge in [0.25, 0.3) is 0 Å². The first-order valence-corrected chi connectivity index (χ1v) is 20.8. The Kier molecular flexibility index (Phi) is 10.3. The Morgan fingerprint density at radius 3 is 2.24 bits per heavy atom. The third kappa shape index (κ3) is 6.37. The van der Waals surface area contributed by atoms with Crippen molar-refractivity contribution < 1.29 is 24.5 Å². The van der Waals surface area contributed by atoms with Crippen molar-refractivity contribution in [2.45, 2.75) is 176 Å². The number of aliphatic carboxylic acids is 1. The van der Waals surface area contributed by atoms with Gasteiger partial charge in [-0.15, -0.1) is 0 Å². The minimum absolute atomic E-state index is 0.101. The minimum atomic E-state index is -1.13. The molecule has 7 heteroatoms. The number of carboxylic acid groups (broad SMARTS) is 1. The van der Waals surface area contributed by atoms with E-state index in [4.69, 9.17) is 4.74 Å². The predicted molar refractivity (Wildman–Crippen MR) is 204 cm³/mol. The number of carbonyl (C=O) groups is 2. The Morgan fingerprint density at radius 2 is 1.61 bits per heavy atom. The Bertz CT molecular complexity index is 1360. The van der Waals surface area contributed by atoms with Crippen molar-refractivity contribution in [3.8, 4) is 0 Å². The number of esters is 1. The molecular formula is C44H74N2O5.